The molecule has 0 saturated heterocycles. The molecule has 0 unspecified atom stereocenters. The largest absolute Gasteiger partial charge is 0.334 e. The molecule has 1 aromatic carbocycles. The summed E-state index contributed by atoms with van der Waals surface area (Å²) in [5, 5.41) is 4.32. The van der Waals surface area contributed by atoms with E-state index in [9.17, 15) is 0 Å². The maximum absolute atomic E-state index is 5.82. The van der Waals surface area contributed by atoms with Gasteiger partial charge in [0.05, 0.1) is 6.54 Å². The van der Waals surface area contributed by atoms with Gasteiger partial charge in [0.1, 0.15) is 0 Å². The van der Waals surface area contributed by atoms with Gasteiger partial charge in [-0.1, -0.05) is 22.8 Å². The summed E-state index contributed by atoms with van der Waals surface area (Å²) >= 11 is 5.82. The van der Waals surface area contributed by atoms with E-state index in [0.29, 0.717) is 16.7 Å². The molecule has 0 aliphatic rings. The van der Waals surface area contributed by atoms with Gasteiger partial charge in [-0.2, -0.15) is 4.98 Å². The van der Waals surface area contributed by atoms with Gasteiger partial charge < -0.3 is 10.3 Å². The molecule has 0 amide bonds. The molecule has 0 bridgehead atoms. The molecule has 0 fully saturated rings. The molecule has 1 aromatic heterocycles. The van der Waals surface area contributed by atoms with Crippen LogP contribution in [0, 0.1) is 0 Å². The smallest absolute Gasteiger partial charge is 0.258 e. The maximum atomic E-state index is 5.82. The normalized spacial score (nSPS) is 9.73. The summed E-state index contributed by atoms with van der Waals surface area (Å²) in [5.41, 5.74) is 6.16. The zero-order valence-corrected chi connectivity index (χ0v) is 9.26. The molecular formula is C9H9Cl2N3O. The van der Waals surface area contributed by atoms with Crippen LogP contribution in [0.5, 0.6) is 0 Å². The Labute approximate surface area is 97.8 Å². The van der Waals surface area contributed by atoms with Crippen LogP contribution in [0.2, 0.25) is 5.02 Å². The highest BCUT2D eigenvalue weighted by Crippen LogP contribution is 2.20. The van der Waals surface area contributed by atoms with Crippen LogP contribution in [-0.2, 0) is 6.54 Å². The van der Waals surface area contributed by atoms with Gasteiger partial charge in [0.15, 0.2) is 5.82 Å². The highest BCUT2D eigenvalue weighted by molar-refractivity contribution is 6.30. The van der Waals surface area contributed by atoms with Gasteiger partial charge in [-0.05, 0) is 18.2 Å². The lowest BCUT2D eigenvalue weighted by molar-refractivity contribution is 0.423. The minimum Gasteiger partial charge on any atom is -0.334 e. The van der Waals surface area contributed by atoms with Gasteiger partial charge in [-0.15, -0.1) is 12.4 Å². The number of rotatable bonds is 2. The number of hydrogen-bond donors (Lipinski definition) is 1. The number of nitrogens with zero attached hydrogens (tertiary/aromatic N) is 2. The van der Waals surface area contributed by atoms with Crippen LogP contribution in [0.15, 0.2) is 28.8 Å². The molecular weight excluding hydrogens is 237 g/mol. The zero-order valence-electron chi connectivity index (χ0n) is 7.68. The molecule has 15 heavy (non-hydrogen) atoms. The first-order valence-corrected chi connectivity index (χ1v) is 4.46. The molecule has 1 heterocycles. The first kappa shape index (κ1) is 12.0. The first-order valence-electron chi connectivity index (χ1n) is 4.08. The highest BCUT2D eigenvalue weighted by Gasteiger charge is 2.07. The van der Waals surface area contributed by atoms with Crippen LogP contribution in [0.1, 0.15) is 5.82 Å². The Morgan fingerprint density at radius 2 is 2.20 bits per heavy atom. The monoisotopic (exact) mass is 245 g/mol. The average molecular weight is 246 g/mol. The molecule has 0 aliphatic heterocycles. The minimum absolute atomic E-state index is 0. The Balaban J connectivity index is 0.00000112. The predicted molar refractivity (Wildman–Crippen MR) is 59.9 cm³/mol. The molecule has 0 aliphatic carbocycles. The Morgan fingerprint density at radius 3 is 2.80 bits per heavy atom. The lowest BCUT2D eigenvalue weighted by Crippen LogP contribution is -1.97. The average Bonchev–Trinajstić information content (AvgIpc) is 2.66. The molecule has 0 saturated carbocycles. The fourth-order valence-corrected chi connectivity index (χ4v) is 1.27. The lowest BCUT2D eigenvalue weighted by Gasteiger charge is -1.93. The van der Waals surface area contributed by atoms with Crippen LogP contribution in [0.3, 0.4) is 0 Å². The molecule has 0 spiro atoms. The Hall–Kier alpha value is -1.10. The number of aromatic nitrogens is 2. The van der Waals surface area contributed by atoms with Crippen LogP contribution < -0.4 is 5.73 Å². The standard InChI is InChI=1S/C9H8ClN3O.ClH/c10-7-3-1-2-6(4-7)9-12-8(5-11)13-14-9;/h1-4H,5,11H2;1H. The van der Waals surface area contributed by atoms with E-state index in [0.717, 1.165) is 5.56 Å². The van der Waals surface area contributed by atoms with Crippen LogP contribution >= 0.6 is 24.0 Å². The molecule has 0 radical (unpaired) electrons. The first-order chi connectivity index (χ1) is 6.79. The topological polar surface area (TPSA) is 64.9 Å². The van der Waals surface area contributed by atoms with Gasteiger partial charge in [-0.25, -0.2) is 0 Å². The molecule has 0 atom stereocenters. The molecule has 4 nitrogen and oxygen atoms in total. The lowest BCUT2D eigenvalue weighted by atomic mass is 10.2. The van der Waals surface area contributed by atoms with Gasteiger partial charge in [-0.3, -0.25) is 0 Å². The van der Waals surface area contributed by atoms with Crippen molar-refractivity contribution >= 4 is 24.0 Å². The van der Waals surface area contributed by atoms with Crippen molar-refractivity contribution in [3.8, 4) is 11.5 Å². The summed E-state index contributed by atoms with van der Waals surface area (Å²) in [6.07, 6.45) is 0. The molecule has 2 rings (SSSR count). The molecule has 6 heteroatoms. The van der Waals surface area contributed by atoms with E-state index < -0.39 is 0 Å². The summed E-state index contributed by atoms with van der Waals surface area (Å²) in [7, 11) is 0. The fraction of sp³-hybridized carbons (Fsp3) is 0.111. The van der Waals surface area contributed by atoms with E-state index in [-0.39, 0.29) is 19.0 Å². The predicted octanol–water partition coefficient (Wildman–Crippen LogP) is 2.27. The van der Waals surface area contributed by atoms with Gasteiger partial charge in [0, 0.05) is 10.6 Å². The quantitative estimate of drug-likeness (QED) is 0.882. The fourth-order valence-electron chi connectivity index (χ4n) is 1.08. The van der Waals surface area contributed by atoms with Gasteiger partial charge in [0.2, 0.25) is 0 Å². The van der Waals surface area contributed by atoms with Crippen LogP contribution in [0.4, 0.5) is 0 Å². The number of hydrogen-bond acceptors (Lipinski definition) is 4. The summed E-state index contributed by atoms with van der Waals surface area (Å²) in [6, 6.07) is 7.21. The summed E-state index contributed by atoms with van der Waals surface area (Å²) in [4.78, 5) is 4.08. The van der Waals surface area contributed by atoms with E-state index in [1.165, 1.54) is 0 Å². The second kappa shape index (κ2) is 5.11. The van der Waals surface area contributed by atoms with E-state index in [2.05, 4.69) is 10.1 Å². The second-order valence-electron chi connectivity index (χ2n) is 2.73. The van der Waals surface area contributed by atoms with E-state index in [4.69, 9.17) is 21.9 Å². The van der Waals surface area contributed by atoms with Crippen molar-refractivity contribution in [2.45, 2.75) is 6.54 Å². The van der Waals surface area contributed by atoms with Crippen molar-refractivity contribution < 1.29 is 4.52 Å². The van der Waals surface area contributed by atoms with Gasteiger partial charge in [0.25, 0.3) is 5.89 Å². The molecule has 2 aromatic rings. The third-order valence-electron chi connectivity index (χ3n) is 1.72. The molecule has 2 N–H and O–H groups in total. The third kappa shape index (κ3) is 2.68. The van der Waals surface area contributed by atoms with E-state index >= 15 is 0 Å². The van der Waals surface area contributed by atoms with Crippen molar-refractivity contribution in [3.63, 3.8) is 0 Å². The van der Waals surface area contributed by atoms with Crippen molar-refractivity contribution in [1.29, 1.82) is 0 Å². The van der Waals surface area contributed by atoms with Crippen molar-refractivity contribution in [2.24, 2.45) is 5.73 Å². The Morgan fingerprint density at radius 1 is 1.40 bits per heavy atom. The summed E-state index contributed by atoms with van der Waals surface area (Å²) in [6.45, 7) is 0.268. The number of benzene rings is 1. The van der Waals surface area contributed by atoms with Gasteiger partial charge >= 0.3 is 0 Å². The van der Waals surface area contributed by atoms with E-state index in [1.807, 2.05) is 12.1 Å². The van der Waals surface area contributed by atoms with Crippen LogP contribution in [-0.4, -0.2) is 10.1 Å². The van der Waals surface area contributed by atoms with Crippen molar-refractivity contribution in [2.75, 3.05) is 0 Å². The second-order valence-corrected chi connectivity index (χ2v) is 3.17. The Bertz CT molecular complexity index is 444. The maximum Gasteiger partial charge on any atom is 0.258 e. The SMILES string of the molecule is Cl.NCc1noc(-c2cccc(Cl)c2)n1. The third-order valence-corrected chi connectivity index (χ3v) is 1.96. The zero-order chi connectivity index (χ0) is 9.97. The number of halogens is 2. The minimum atomic E-state index is 0. The van der Waals surface area contributed by atoms with E-state index in [1.54, 1.807) is 12.1 Å². The summed E-state index contributed by atoms with van der Waals surface area (Å²) < 4.78 is 5.00. The highest BCUT2D eigenvalue weighted by atomic mass is 35.5. The Kier molecular flexibility index (Phi) is 4.08. The molecule has 80 valence electrons. The van der Waals surface area contributed by atoms with Crippen molar-refractivity contribution in [3.05, 3.63) is 35.1 Å². The van der Waals surface area contributed by atoms with Crippen molar-refractivity contribution in [1.82, 2.24) is 10.1 Å². The number of nitrogens with two attached hydrogens (primary N) is 1. The van der Waals surface area contributed by atoms with Crippen LogP contribution in [0.25, 0.3) is 11.5 Å². The summed E-state index contributed by atoms with van der Waals surface area (Å²) in [5.74, 6) is 0.924.